The molecule has 102 valence electrons. The highest BCUT2D eigenvalue weighted by Gasteiger charge is 2.32. The van der Waals surface area contributed by atoms with Gasteiger partial charge < -0.3 is 10.5 Å². The van der Waals surface area contributed by atoms with E-state index in [-0.39, 0.29) is 18.0 Å². The van der Waals surface area contributed by atoms with Gasteiger partial charge >= 0.3 is 12.1 Å². The number of esters is 1. The molecule has 3 nitrogen and oxygen atoms in total. The SMILES string of the molecule is COC(=O)[C@H](N)c1cc(F)cc(C(F)(F)F)c1.Cl. The van der Waals surface area contributed by atoms with Crippen LogP contribution in [-0.4, -0.2) is 13.1 Å². The molecule has 0 bridgehead atoms. The lowest BCUT2D eigenvalue weighted by atomic mass is 10.0. The fraction of sp³-hybridized carbons (Fsp3) is 0.300. The van der Waals surface area contributed by atoms with Crippen molar-refractivity contribution in [2.45, 2.75) is 12.2 Å². The predicted octanol–water partition coefficient (Wildman–Crippen LogP) is 2.44. The number of benzene rings is 1. The van der Waals surface area contributed by atoms with Crippen LogP contribution >= 0.6 is 12.4 Å². The summed E-state index contributed by atoms with van der Waals surface area (Å²) in [5, 5.41) is 0. The van der Waals surface area contributed by atoms with Crippen LogP contribution in [0.5, 0.6) is 0 Å². The largest absolute Gasteiger partial charge is 0.468 e. The molecule has 0 saturated heterocycles. The van der Waals surface area contributed by atoms with E-state index in [1.54, 1.807) is 0 Å². The summed E-state index contributed by atoms with van der Waals surface area (Å²) in [7, 11) is 1.03. The maximum Gasteiger partial charge on any atom is 0.416 e. The van der Waals surface area contributed by atoms with Gasteiger partial charge in [-0.05, 0) is 23.8 Å². The van der Waals surface area contributed by atoms with Gasteiger partial charge in [0.25, 0.3) is 0 Å². The molecule has 0 aromatic heterocycles. The van der Waals surface area contributed by atoms with Gasteiger partial charge in [-0.2, -0.15) is 13.2 Å². The lowest BCUT2D eigenvalue weighted by molar-refractivity contribution is -0.143. The van der Waals surface area contributed by atoms with E-state index in [1.807, 2.05) is 0 Å². The summed E-state index contributed by atoms with van der Waals surface area (Å²) in [6.45, 7) is 0. The van der Waals surface area contributed by atoms with Crippen molar-refractivity contribution in [1.29, 1.82) is 0 Å². The average molecular weight is 288 g/mol. The molecule has 0 spiro atoms. The highest BCUT2D eigenvalue weighted by atomic mass is 35.5. The van der Waals surface area contributed by atoms with E-state index < -0.39 is 29.6 Å². The number of hydrogen-bond donors (Lipinski definition) is 1. The van der Waals surface area contributed by atoms with Crippen molar-refractivity contribution in [2.75, 3.05) is 7.11 Å². The van der Waals surface area contributed by atoms with Crippen LogP contribution in [0.3, 0.4) is 0 Å². The smallest absolute Gasteiger partial charge is 0.416 e. The van der Waals surface area contributed by atoms with E-state index in [0.29, 0.717) is 12.1 Å². The number of rotatable bonds is 2. The summed E-state index contributed by atoms with van der Waals surface area (Å²) >= 11 is 0. The van der Waals surface area contributed by atoms with Gasteiger partial charge in [0.2, 0.25) is 0 Å². The molecule has 0 aliphatic carbocycles. The zero-order valence-electron chi connectivity index (χ0n) is 9.12. The first-order valence-corrected chi connectivity index (χ1v) is 4.47. The molecule has 0 aliphatic rings. The standard InChI is InChI=1S/C10H9F4NO2.ClH/c1-17-9(16)8(15)5-2-6(10(12,13)14)4-7(11)3-5;/h2-4,8H,15H2,1H3;1H/t8-;/m1./s1. The van der Waals surface area contributed by atoms with Crippen molar-refractivity contribution in [1.82, 2.24) is 0 Å². The molecule has 2 N–H and O–H groups in total. The number of halogens is 5. The molecule has 0 fully saturated rings. The van der Waals surface area contributed by atoms with Crippen molar-refractivity contribution in [3.05, 3.63) is 35.1 Å². The van der Waals surface area contributed by atoms with Crippen molar-refractivity contribution in [3.63, 3.8) is 0 Å². The van der Waals surface area contributed by atoms with Crippen LogP contribution in [0, 0.1) is 5.82 Å². The third-order valence-corrected chi connectivity index (χ3v) is 2.06. The summed E-state index contributed by atoms with van der Waals surface area (Å²) < 4.78 is 54.4. The molecule has 0 aliphatic heterocycles. The minimum Gasteiger partial charge on any atom is -0.468 e. The van der Waals surface area contributed by atoms with Crippen LogP contribution in [-0.2, 0) is 15.7 Å². The van der Waals surface area contributed by atoms with Gasteiger partial charge in [-0.25, -0.2) is 4.39 Å². The summed E-state index contributed by atoms with van der Waals surface area (Å²) in [6, 6.07) is 0.256. The van der Waals surface area contributed by atoms with E-state index >= 15 is 0 Å². The maximum atomic E-state index is 13.0. The van der Waals surface area contributed by atoms with E-state index in [4.69, 9.17) is 5.73 Å². The van der Waals surface area contributed by atoms with Crippen molar-refractivity contribution in [2.24, 2.45) is 5.73 Å². The average Bonchev–Trinajstić information content (AvgIpc) is 2.25. The van der Waals surface area contributed by atoms with Crippen LogP contribution in [0.2, 0.25) is 0 Å². The summed E-state index contributed by atoms with van der Waals surface area (Å²) in [5.74, 6) is -2.06. The molecule has 1 rings (SSSR count). The highest BCUT2D eigenvalue weighted by Crippen LogP contribution is 2.31. The fourth-order valence-electron chi connectivity index (χ4n) is 1.22. The van der Waals surface area contributed by atoms with Crippen LogP contribution < -0.4 is 5.73 Å². The Labute approximate surface area is 106 Å². The van der Waals surface area contributed by atoms with E-state index in [9.17, 15) is 22.4 Å². The maximum absolute atomic E-state index is 13.0. The Bertz CT molecular complexity index is 436. The summed E-state index contributed by atoms with van der Waals surface area (Å²) in [6.07, 6.45) is -4.70. The first-order chi connectivity index (χ1) is 7.75. The summed E-state index contributed by atoms with van der Waals surface area (Å²) in [4.78, 5) is 11.0. The second-order valence-electron chi connectivity index (χ2n) is 3.27. The molecular formula is C10H10ClF4NO2. The zero-order chi connectivity index (χ0) is 13.2. The lowest BCUT2D eigenvalue weighted by Gasteiger charge is -2.13. The Hall–Kier alpha value is -1.34. The number of carbonyl (C=O) groups excluding carboxylic acids is 1. The quantitative estimate of drug-likeness (QED) is 0.671. The highest BCUT2D eigenvalue weighted by molar-refractivity contribution is 5.85. The normalized spacial score (nSPS) is 12.6. The summed E-state index contributed by atoms with van der Waals surface area (Å²) in [5.41, 5.74) is 3.83. The number of nitrogens with two attached hydrogens (primary N) is 1. The minimum atomic E-state index is -4.70. The molecule has 0 heterocycles. The molecule has 18 heavy (non-hydrogen) atoms. The Morgan fingerprint density at radius 1 is 1.33 bits per heavy atom. The van der Waals surface area contributed by atoms with Gasteiger partial charge in [-0.3, -0.25) is 4.79 Å². The Morgan fingerprint density at radius 3 is 2.33 bits per heavy atom. The van der Waals surface area contributed by atoms with Gasteiger partial charge in [-0.1, -0.05) is 0 Å². The Kier molecular flexibility index (Phi) is 5.56. The van der Waals surface area contributed by atoms with Gasteiger partial charge in [0, 0.05) is 0 Å². The number of hydrogen-bond acceptors (Lipinski definition) is 3. The van der Waals surface area contributed by atoms with Gasteiger partial charge in [0.1, 0.15) is 11.9 Å². The first kappa shape index (κ1) is 16.7. The van der Waals surface area contributed by atoms with E-state index in [2.05, 4.69) is 4.74 Å². The second kappa shape index (κ2) is 6.01. The lowest BCUT2D eigenvalue weighted by Crippen LogP contribution is -2.23. The Morgan fingerprint density at radius 2 is 1.89 bits per heavy atom. The number of methoxy groups -OCH3 is 1. The molecular weight excluding hydrogens is 278 g/mol. The number of ether oxygens (including phenoxy) is 1. The predicted molar refractivity (Wildman–Crippen MR) is 57.6 cm³/mol. The van der Waals surface area contributed by atoms with E-state index in [0.717, 1.165) is 13.2 Å². The zero-order valence-corrected chi connectivity index (χ0v) is 9.94. The van der Waals surface area contributed by atoms with Crippen LogP contribution in [0.15, 0.2) is 18.2 Å². The first-order valence-electron chi connectivity index (χ1n) is 4.47. The molecule has 0 amide bonds. The number of carbonyl (C=O) groups is 1. The molecule has 0 saturated carbocycles. The van der Waals surface area contributed by atoms with Crippen molar-refractivity contribution >= 4 is 18.4 Å². The second-order valence-corrected chi connectivity index (χ2v) is 3.27. The fourth-order valence-corrected chi connectivity index (χ4v) is 1.22. The number of alkyl halides is 3. The van der Waals surface area contributed by atoms with Gasteiger partial charge in [-0.15, -0.1) is 12.4 Å². The van der Waals surface area contributed by atoms with Crippen LogP contribution in [0.4, 0.5) is 17.6 Å². The molecule has 8 heteroatoms. The third-order valence-electron chi connectivity index (χ3n) is 2.06. The van der Waals surface area contributed by atoms with Crippen LogP contribution in [0.1, 0.15) is 17.2 Å². The Balaban J connectivity index is 0.00000289. The molecule has 0 radical (unpaired) electrons. The molecule has 1 aromatic carbocycles. The van der Waals surface area contributed by atoms with Gasteiger partial charge in [0.15, 0.2) is 0 Å². The van der Waals surface area contributed by atoms with Gasteiger partial charge in [0.05, 0.1) is 12.7 Å². The van der Waals surface area contributed by atoms with E-state index in [1.165, 1.54) is 0 Å². The molecule has 0 unspecified atom stereocenters. The van der Waals surface area contributed by atoms with Crippen LogP contribution in [0.25, 0.3) is 0 Å². The molecule has 1 aromatic rings. The molecule has 1 atom stereocenters. The van der Waals surface area contributed by atoms with Crippen molar-refractivity contribution in [3.8, 4) is 0 Å². The monoisotopic (exact) mass is 287 g/mol. The van der Waals surface area contributed by atoms with Crippen molar-refractivity contribution < 1.29 is 27.1 Å². The third kappa shape index (κ3) is 3.85. The minimum absolute atomic E-state index is 0. The topological polar surface area (TPSA) is 52.3 Å².